The SMILES string of the molecule is CN(C)C(=O)CNC(=O)COc1cc(Cl)cc(Cl)c1. The largest absolute Gasteiger partial charge is 0.484 e. The van der Waals surface area contributed by atoms with Crippen molar-refractivity contribution in [3.63, 3.8) is 0 Å². The molecule has 2 amide bonds. The number of hydrogen-bond donors (Lipinski definition) is 1. The predicted molar refractivity (Wildman–Crippen MR) is 73.7 cm³/mol. The van der Waals surface area contributed by atoms with Crippen LogP contribution in [-0.4, -0.2) is 44.0 Å². The standard InChI is InChI=1S/C12H14Cl2N2O3/c1-16(2)12(18)6-15-11(17)7-19-10-4-8(13)3-9(14)5-10/h3-5H,6-7H2,1-2H3,(H,15,17). The zero-order valence-corrected chi connectivity index (χ0v) is 12.1. The van der Waals surface area contributed by atoms with Crippen LogP contribution in [0.4, 0.5) is 0 Å². The molecule has 1 aromatic rings. The van der Waals surface area contributed by atoms with E-state index in [-0.39, 0.29) is 19.1 Å². The summed E-state index contributed by atoms with van der Waals surface area (Å²) >= 11 is 11.6. The lowest BCUT2D eigenvalue weighted by atomic mass is 10.3. The molecule has 0 saturated carbocycles. The van der Waals surface area contributed by atoms with Gasteiger partial charge in [-0.15, -0.1) is 0 Å². The fraction of sp³-hybridized carbons (Fsp3) is 0.333. The number of nitrogens with zero attached hydrogens (tertiary/aromatic N) is 1. The molecule has 0 unspecified atom stereocenters. The van der Waals surface area contributed by atoms with Crippen molar-refractivity contribution in [2.75, 3.05) is 27.2 Å². The lowest BCUT2D eigenvalue weighted by molar-refractivity contribution is -0.131. The fourth-order valence-corrected chi connectivity index (χ4v) is 1.65. The van der Waals surface area contributed by atoms with Gasteiger partial charge < -0.3 is 15.0 Å². The molecule has 0 saturated heterocycles. The number of ether oxygens (including phenoxy) is 1. The maximum absolute atomic E-state index is 11.4. The predicted octanol–water partition coefficient (Wildman–Crippen LogP) is 1.58. The summed E-state index contributed by atoms with van der Waals surface area (Å²) < 4.78 is 5.22. The van der Waals surface area contributed by atoms with Crippen LogP contribution >= 0.6 is 23.2 Å². The van der Waals surface area contributed by atoms with Gasteiger partial charge in [-0.3, -0.25) is 9.59 Å². The molecule has 19 heavy (non-hydrogen) atoms. The average molecular weight is 305 g/mol. The minimum Gasteiger partial charge on any atom is -0.484 e. The molecule has 0 atom stereocenters. The molecule has 0 aliphatic heterocycles. The van der Waals surface area contributed by atoms with E-state index in [9.17, 15) is 9.59 Å². The highest BCUT2D eigenvalue weighted by Gasteiger charge is 2.08. The molecule has 5 nitrogen and oxygen atoms in total. The van der Waals surface area contributed by atoms with E-state index >= 15 is 0 Å². The summed E-state index contributed by atoms with van der Waals surface area (Å²) in [6.07, 6.45) is 0. The maximum Gasteiger partial charge on any atom is 0.258 e. The zero-order valence-electron chi connectivity index (χ0n) is 10.6. The van der Waals surface area contributed by atoms with Gasteiger partial charge in [0.05, 0.1) is 6.54 Å². The third-order valence-corrected chi connectivity index (χ3v) is 2.58. The van der Waals surface area contributed by atoms with Gasteiger partial charge in [0.1, 0.15) is 5.75 Å². The van der Waals surface area contributed by atoms with Crippen LogP contribution in [0.5, 0.6) is 5.75 Å². The minimum atomic E-state index is -0.397. The van der Waals surface area contributed by atoms with Gasteiger partial charge in [0.15, 0.2) is 6.61 Å². The van der Waals surface area contributed by atoms with Gasteiger partial charge in [-0.05, 0) is 18.2 Å². The number of halogens is 2. The van der Waals surface area contributed by atoms with Crippen molar-refractivity contribution in [2.45, 2.75) is 0 Å². The van der Waals surface area contributed by atoms with Gasteiger partial charge in [-0.2, -0.15) is 0 Å². The molecule has 0 spiro atoms. The summed E-state index contributed by atoms with van der Waals surface area (Å²) in [4.78, 5) is 24.1. The van der Waals surface area contributed by atoms with Crippen molar-refractivity contribution in [3.05, 3.63) is 28.2 Å². The molecule has 0 heterocycles. The fourth-order valence-electron chi connectivity index (χ4n) is 1.14. The van der Waals surface area contributed by atoms with E-state index in [1.165, 1.54) is 4.90 Å². The first-order valence-corrected chi connectivity index (χ1v) is 6.20. The highest BCUT2D eigenvalue weighted by Crippen LogP contribution is 2.23. The van der Waals surface area contributed by atoms with Crippen LogP contribution in [0.1, 0.15) is 0 Å². The highest BCUT2D eigenvalue weighted by molar-refractivity contribution is 6.34. The van der Waals surface area contributed by atoms with Crippen LogP contribution in [0.3, 0.4) is 0 Å². The Morgan fingerprint density at radius 2 is 1.79 bits per heavy atom. The molecular weight excluding hydrogens is 291 g/mol. The number of likely N-dealkylation sites (N-methyl/N-ethyl adjacent to an activating group) is 1. The van der Waals surface area contributed by atoms with Crippen molar-refractivity contribution in [1.82, 2.24) is 10.2 Å². The number of hydrogen-bond acceptors (Lipinski definition) is 3. The first kappa shape index (κ1) is 15.6. The molecule has 7 heteroatoms. The Labute approximate surface area is 121 Å². The maximum atomic E-state index is 11.4. The van der Waals surface area contributed by atoms with Crippen LogP contribution in [0.15, 0.2) is 18.2 Å². The third-order valence-electron chi connectivity index (χ3n) is 2.14. The van der Waals surface area contributed by atoms with E-state index in [0.29, 0.717) is 15.8 Å². The Hall–Kier alpha value is -1.46. The van der Waals surface area contributed by atoms with Crippen molar-refractivity contribution < 1.29 is 14.3 Å². The van der Waals surface area contributed by atoms with Crippen LogP contribution < -0.4 is 10.1 Å². The van der Waals surface area contributed by atoms with Gasteiger partial charge >= 0.3 is 0 Å². The average Bonchev–Trinajstić information content (AvgIpc) is 2.32. The second-order valence-electron chi connectivity index (χ2n) is 3.96. The second kappa shape index (κ2) is 7.21. The number of carbonyl (C=O) groups is 2. The van der Waals surface area contributed by atoms with Crippen molar-refractivity contribution in [1.29, 1.82) is 0 Å². The van der Waals surface area contributed by atoms with E-state index in [1.807, 2.05) is 0 Å². The Bertz CT molecular complexity index is 458. The molecule has 1 N–H and O–H groups in total. The lowest BCUT2D eigenvalue weighted by Gasteiger charge is -2.11. The zero-order chi connectivity index (χ0) is 14.4. The van der Waals surface area contributed by atoms with Crippen molar-refractivity contribution >= 4 is 35.0 Å². The number of benzene rings is 1. The molecule has 1 aromatic carbocycles. The van der Waals surface area contributed by atoms with Crippen LogP contribution in [-0.2, 0) is 9.59 Å². The van der Waals surface area contributed by atoms with Crippen molar-refractivity contribution in [3.8, 4) is 5.75 Å². The first-order valence-electron chi connectivity index (χ1n) is 5.44. The van der Waals surface area contributed by atoms with Gasteiger partial charge in [-0.25, -0.2) is 0 Å². The third kappa shape index (κ3) is 5.81. The summed E-state index contributed by atoms with van der Waals surface area (Å²) in [6.45, 7) is -0.275. The summed E-state index contributed by atoms with van der Waals surface area (Å²) in [7, 11) is 3.22. The quantitative estimate of drug-likeness (QED) is 0.898. The van der Waals surface area contributed by atoms with Gasteiger partial charge in [0, 0.05) is 24.1 Å². The van der Waals surface area contributed by atoms with E-state index in [1.54, 1.807) is 32.3 Å². The molecule has 0 fully saturated rings. The number of rotatable bonds is 5. The number of carbonyl (C=O) groups excluding carboxylic acids is 2. The number of nitrogens with one attached hydrogen (secondary N) is 1. The van der Waals surface area contributed by atoms with Crippen LogP contribution in [0.2, 0.25) is 10.0 Å². The lowest BCUT2D eigenvalue weighted by Crippen LogP contribution is -2.38. The van der Waals surface area contributed by atoms with Gasteiger partial charge in [0.2, 0.25) is 5.91 Å². The first-order chi connectivity index (χ1) is 8.88. The molecule has 0 bridgehead atoms. The van der Waals surface area contributed by atoms with E-state index in [4.69, 9.17) is 27.9 Å². The molecule has 0 aliphatic carbocycles. The van der Waals surface area contributed by atoms with Gasteiger partial charge in [-0.1, -0.05) is 23.2 Å². The molecule has 0 radical (unpaired) electrons. The topological polar surface area (TPSA) is 58.6 Å². The molecule has 1 rings (SSSR count). The van der Waals surface area contributed by atoms with E-state index in [0.717, 1.165) is 0 Å². The highest BCUT2D eigenvalue weighted by atomic mass is 35.5. The van der Waals surface area contributed by atoms with Crippen LogP contribution in [0, 0.1) is 0 Å². The monoisotopic (exact) mass is 304 g/mol. The Balaban J connectivity index is 2.40. The Morgan fingerprint density at radius 1 is 1.21 bits per heavy atom. The molecule has 104 valence electrons. The minimum absolute atomic E-state index is 0.0640. The molecule has 0 aromatic heterocycles. The normalized spacial score (nSPS) is 9.89. The Kier molecular flexibility index (Phi) is 5.92. The summed E-state index contributed by atoms with van der Waals surface area (Å²) in [5.41, 5.74) is 0. The molecule has 0 aliphatic rings. The van der Waals surface area contributed by atoms with E-state index < -0.39 is 5.91 Å². The van der Waals surface area contributed by atoms with Crippen molar-refractivity contribution in [2.24, 2.45) is 0 Å². The number of amides is 2. The van der Waals surface area contributed by atoms with E-state index in [2.05, 4.69) is 5.32 Å². The van der Waals surface area contributed by atoms with Gasteiger partial charge in [0.25, 0.3) is 5.91 Å². The summed E-state index contributed by atoms with van der Waals surface area (Å²) in [6, 6.07) is 4.66. The second-order valence-corrected chi connectivity index (χ2v) is 4.83. The Morgan fingerprint density at radius 3 is 2.32 bits per heavy atom. The van der Waals surface area contributed by atoms with Crippen LogP contribution in [0.25, 0.3) is 0 Å². The molecular formula is C12H14Cl2N2O3. The smallest absolute Gasteiger partial charge is 0.258 e. The summed E-state index contributed by atoms with van der Waals surface area (Å²) in [5.74, 6) is -0.197. The summed E-state index contributed by atoms with van der Waals surface area (Å²) in [5, 5.41) is 3.29.